The van der Waals surface area contributed by atoms with E-state index in [1.165, 1.54) is 6.08 Å². The Bertz CT molecular complexity index is 151. The fourth-order valence-corrected chi connectivity index (χ4v) is 0.423. The number of rotatable bonds is 1. The highest BCUT2D eigenvalue weighted by molar-refractivity contribution is 6.24. The lowest BCUT2D eigenvalue weighted by molar-refractivity contribution is -0.135. The molecule has 42 valence electrons. The monoisotopic (exact) mass is 111 g/mol. The first-order valence-electron chi connectivity index (χ1n) is 2.19. The molecular formula is C5H5NO2. The molecule has 3 nitrogen and oxygen atoms in total. The standard InChI is InChI=1S/C5H5NO2/c1-2-4-6-3-5(7)8-4/h2-4H,1H2. The van der Waals surface area contributed by atoms with Crippen LogP contribution in [0, 0.1) is 0 Å². The topological polar surface area (TPSA) is 38.7 Å². The molecule has 0 spiro atoms. The molecule has 1 heterocycles. The molecule has 0 amide bonds. The van der Waals surface area contributed by atoms with Gasteiger partial charge in [0, 0.05) is 0 Å². The zero-order valence-corrected chi connectivity index (χ0v) is 4.20. The molecule has 0 aromatic heterocycles. The van der Waals surface area contributed by atoms with Crippen LogP contribution in [-0.4, -0.2) is 18.4 Å². The summed E-state index contributed by atoms with van der Waals surface area (Å²) in [4.78, 5) is 13.8. The molecule has 0 radical (unpaired) electrons. The Hall–Kier alpha value is -1.12. The van der Waals surface area contributed by atoms with Gasteiger partial charge in [-0.05, 0) is 6.08 Å². The van der Waals surface area contributed by atoms with Gasteiger partial charge in [0.1, 0.15) is 6.21 Å². The Balaban J connectivity index is 2.58. The summed E-state index contributed by atoms with van der Waals surface area (Å²) in [6.07, 6.45) is 2.16. The van der Waals surface area contributed by atoms with Gasteiger partial charge in [-0.25, -0.2) is 9.79 Å². The second-order valence-electron chi connectivity index (χ2n) is 1.34. The number of hydrogen-bond donors (Lipinski definition) is 0. The molecule has 0 saturated carbocycles. The number of carbonyl (C=O) groups excluding carboxylic acids is 1. The molecule has 1 aliphatic heterocycles. The maximum absolute atomic E-state index is 10.2. The Labute approximate surface area is 46.7 Å². The third-order valence-corrected chi connectivity index (χ3v) is 0.765. The van der Waals surface area contributed by atoms with E-state index in [0.29, 0.717) is 0 Å². The molecule has 0 N–H and O–H groups in total. The minimum absolute atomic E-state index is 0.394. The third-order valence-electron chi connectivity index (χ3n) is 0.765. The van der Waals surface area contributed by atoms with Gasteiger partial charge in [0.25, 0.3) is 0 Å². The first kappa shape index (κ1) is 5.03. The summed E-state index contributed by atoms with van der Waals surface area (Å²) in [6, 6.07) is 0. The van der Waals surface area contributed by atoms with Crippen molar-refractivity contribution in [3.05, 3.63) is 12.7 Å². The summed E-state index contributed by atoms with van der Waals surface area (Å²) >= 11 is 0. The number of esters is 1. The van der Waals surface area contributed by atoms with E-state index in [4.69, 9.17) is 0 Å². The van der Waals surface area contributed by atoms with Crippen LogP contribution in [0.4, 0.5) is 0 Å². The van der Waals surface area contributed by atoms with Crippen LogP contribution in [0.5, 0.6) is 0 Å². The van der Waals surface area contributed by atoms with E-state index in [9.17, 15) is 4.79 Å². The predicted molar refractivity (Wildman–Crippen MR) is 28.6 cm³/mol. The van der Waals surface area contributed by atoms with Crippen molar-refractivity contribution < 1.29 is 9.53 Å². The highest BCUT2D eigenvalue weighted by atomic mass is 16.6. The first-order valence-corrected chi connectivity index (χ1v) is 2.19. The van der Waals surface area contributed by atoms with Crippen LogP contribution in [0.25, 0.3) is 0 Å². The van der Waals surface area contributed by atoms with Gasteiger partial charge >= 0.3 is 5.97 Å². The van der Waals surface area contributed by atoms with Crippen LogP contribution in [0.1, 0.15) is 0 Å². The van der Waals surface area contributed by atoms with Gasteiger partial charge in [0.05, 0.1) is 0 Å². The highest BCUT2D eigenvalue weighted by Crippen LogP contribution is 2.00. The van der Waals surface area contributed by atoms with E-state index in [1.54, 1.807) is 0 Å². The van der Waals surface area contributed by atoms with Crippen molar-refractivity contribution in [3.63, 3.8) is 0 Å². The van der Waals surface area contributed by atoms with Crippen molar-refractivity contribution in [2.24, 2.45) is 4.99 Å². The molecule has 3 heteroatoms. The molecule has 0 aromatic rings. The van der Waals surface area contributed by atoms with Crippen LogP contribution in [0.2, 0.25) is 0 Å². The smallest absolute Gasteiger partial charge is 0.351 e. The zero-order chi connectivity index (χ0) is 5.98. The van der Waals surface area contributed by atoms with Crippen LogP contribution in [0.15, 0.2) is 17.6 Å². The van der Waals surface area contributed by atoms with E-state index in [2.05, 4.69) is 16.3 Å². The summed E-state index contributed by atoms with van der Waals surface area (Å²) in [5.74, 6) is -0.394. The molecule has 8 heavy (non-hydrogen) atoms. The lowest BCUT2D eigenvalue weighted by Crippen LogP contribution is -2.03. The van der Waals surface area contributed by atoms with Crippen molar-refractivity contribution in [1.29, 1.82) is 0 Å². The molecule has 1 rings (SSSR count). The Morgan fingerprint density at radius 3 is 3.00 bits per heavy atom. The number of aliphatic imine (C=N–C) groups is 1. The number of ether oxygens (including phenoxy) is 1. The van der Waals surface area contributed by atoms with Crippen molar-refractivity contribution >= 4 is 12.2 Å². The molecule has 1 atom stereocenters. The van der Waals surface area contributed by atoms with Crippen molar-refractivity contribution in [3.8, 4) is 0 Å². The van der Waals surface area contributed by atoms with Gasteiger partial charge in [-0.3, -0.25) is 0 Å². The Kier molecular flexibility index (Phi) is 1.12. The van der Waals surface area contributed by atoms with Gasteiger partial charge in [0.15, 0.2) is 0 Å². The van der Waals surface area contributed by atoms with Gasteiger partial charge in [-0.2, -0.15) is 0 Å². The summed E-state index contributed by atoms with van der Waals surface area (Å²) in [5.41, 5.74) is 0. The lowest BCUT2D eigenvalue weighted by atomic mass is 10.6. The molecule has 0 aliphatic carbocycles. The molecule has 0 bridgehead atoms. The molecule has 0 fully saturated rings. The van der Waals surface area contributed by atoms with Crippen molar-refractivity contribution in [1.82, 2.24) is 0 Å². The van der Waals surface area contributed by atoms with Gasteiger partial charge in [-0.1, -0.05) is 6.58 Å². The molecule has 0 saturated heterocycles. The largest absolute Gasteiger partial charge is 0.432 e. The summed E-state index contributed by atoms with van der Waals surface area (Å²) < 4.78 is 4.53. The lowest BCUT2D eigenvalue weighted by Gasteiger charge is -1.95. The number of cyclic esters (lactones) is 1. The van der Waals surface area contributed by atoms with Crippen LogP contribution >= 0.6 is 0 Å². The van der Waals surface area contributed by atoms with Gasteiger partial charge in [0.2, 0.25) is 6.23 Å². The minimum atomic E-state index is -0.442. The number of hydrogen-bond acceptors (Lipinski definition) is 3. The highest BCUT2D eigenvalue weighted by Gasteiger charge is 2.12. The van der Waals surface area contributed by atoms with Gasteiger partial charge < -0.3 is 4.74 Å². The molecule has 1 aliphatic rings. The molecule has 0 aromatic carbocycles. The van der Waals surface area contributed by atoms with Gasteiger partial charge in [-0.15, -0.1) is 0 Å². The normalized spacial score (nSPS) is 25.5. The SMILES string of the molecule is C=CC1N=CC(=O)O1. The molecular weight excluding hydrogens is 106 g/mol. The Morgan fingerprint density at radius 1 is 2.00 bits per heavy atom. The fraction of sp³-hybridized carbons (Fsp3) is 0.200. The van der Waals surface area contributed by atoms with E-state index in [0.717, 1.165) is 6.21 Å². The van der Waals surface area contributed by atoms with E-state index in [-0.39, 0.29) is 0 Å². The third kappa shape index (κ3) is 0.753. The Morgan fingerprint density at radius 2 is 2.75 bits per heavy atom. The molecule has 1 unspecified atom stereocenters. The van der Waals surface area contributed by atoms with E-state index >= 15 is 0 Å². The number of nitrogens with zero attached hydrogens (tertiary/aromatic N) is 1. The van der Waals surface area contributed by atoms with E-state index < -0.39 is 12.2 Å². The average Bonchev–Trinajstić information content (AvgIpc) is 2.14. The minimum Gasteiger partial charge on any atom is -0.432 e. The van der Waals surface area contributed by atoms with E-state index in [1.807, 2.05) is 0 Å². The zero-order valence-electron chi connectivity index (χ0n) is 4.20. The summed E-state index contributed by atoms with van der Waals surface area (Å²) in [5, 5.41) is 0. The predicted octanol–water partition coefficient (Wildman–Crippen LogP) is 0.126. The number of carbonyl (C=O) groups is 1. The summed E-state index contributed by atoms with van der Waals surface area (Å²) in [6.45, 7) is 3.39. The second kappa shape index (κ2) is 1.78. The quantitative estimate of drug-likeness (QED) is 0.356. The van der Waals surface area contributed by atoms with Crippen LogP contribution in [0.3, 0.4) is 0 Å². The average molecular weight is 111 g/mol. The van der Waals surface area contributed by atoms with Crippen molar-refractivity contribution in [2.45, 2.75) is 6.23 Å². The summed E-state index contributed by atoms with van der Waals surface area (Å²) in [7, 11) is 0. The fourth-order valence-electron chi connectivity index (χ4n) is 0.423. The van der Waals surface area contributed by atoms with Crippen LogP contribution in [-0.2, 0) is 9.53 Å². The van der Waals surface area contributed by atoms with Crippen LogP contribution < -0.4 is 0 Å². The second-order valence-corrected chi connectivity index (χ2v) is 1.34. The van der Waals surface area contributed by atoms with Crippen molar-refractivity contribution in [2.75, 3.05) is 0 Å². The maximum atomic E-state index is 10.2. The first-order chi connectivity index (χ1) is 3.83. The maximum Gasteiger partial charge on any atom is 0.351 e.